The SMILES string of the molecule is CC1(C#N)CCN(C(=O)c2ccc(OC(F)F)cc2)CC1. The van der Waals surface area contributed by atoms with Gasteiger partial charge in [-0.05, 0) is 44.0 Å². The minimum absolute atomic E-state index is 0.0252. The summed E-state index contributed by atoms with van der Waals surface area (Å²) in [5, 5.41) is 9.07. The van der Waals surface area contributed by atoms with E-state index in [2.05, 4.69) is 10.8 Å². The van der Waals surface area contributed by atoms with Gasteiger partial charge in [0.1, 0.15) is 5.75 Å². The van der Waals surface area contributed by atoms with Crippen molar-refractivity contribution in [2.75, 3.05) is 13.1 Å². The molecule has 21 heavy (non-hydrogen) atoms. The number of amides is 1. The second-order valence-electron chi connectivity index (χ2n) is 5.37. The van der Waals surface area contributed by atoms with E-state index in [1.165, 1.54) is 24.3 Å². The van der Waals surface area contributed by atoms with Gasteiger partial charge < -0.3 is 9.64 Å². The number of benzene rings is 1. The normalized spacial score (nSPS) is 17.4. The fourth-order valence-corrected chi connectivity index (χ4v) is 2.28. The number of rotatable bonds is 3. The highest BCUT2D eigenvalue weighted by atomic mass is 19.3. The molecule has 0 radical (unpaired) electrons. The lowest BCUT2D eigenvalue weighted by Gasteiger charge is -2.35. The lowest BCUT2D eigenvalue weighted by Crippen LogP contribution is -2.41. The van der Waals surface area contributed by atoms with Gasteiger partial charge in [-0.2, -0.15) is 14.0 Å². The Morgan fingerprint density at radius 1 is 1.33 bits per heavy atom. The predicted molar refractivity (Wildman–Crippen MR) is 71.9 cm³/mol. The number of hydrogen-bond donors (Lipinski definition) is 0. The van der Waals surface area contributed by atoms with Crippen LogP contribution < -0.4 is 4.74 Å². The van der Waals surface area contributed by atoms with Crippen LogP contribution in [0.15, 0.2) is 24.3 Å². The summed E-state index contributed by atoms with van der Waals surface area (Å²) in [7, 11) is 0. The number of carbonyl (C=O) groups is 1. The molecule has 0 saturated carbocycles. The van der Waals surface area contributed by atoms with Gasteiger partial charge in [0.25, 0.3) is 5.91 Å². The van der Waals surface area contributed by atoms with E-state index < -0.39 is 6.61 Å². The minimum atomic E-state index is -2.88. The first kappa shape index (κ1) is 15.2. The smallest absolute Gasteiger partial charge is 0.387 e. The molecule has 6 heteroatoms. The van der Waals surface area contributed by atoms with Crippen molar-refractivity contribution < 1.29 is 18.3 Å². The molecule has 112 valence electrons. The highest BCUT2D eigenvalue weighted by Crippen LogP contribution is 2.30. The van der Waals surface area contributed by atoms with Gasteiger partial charge >= 0.3 is 6.61 Å². The molecule has 1 saturated heterocycles. The quantitative estimate of drug-likeness (QED) is 0.861. The molecule has 1 amide bonds. The largest absolute Gasteiger partial charge is 0.435 e. The van der Waals surface area contributed by atoms with Gasteiger partial charge in [-0.1, -0.05) is 0 Å². The maximum Gasteiger partial charge on any atom is 0.387 e. The van der Waals surface area contributed by atoms with Crippen molar-refractivity contribution in [3.05, 3.63) is 29.8 Å². The zero-order chi connectivity index (χ0) is 15.5. The van der Waals surface area contributed by atoms with Gasteiger partial charge in [-0.25, -0.2) is 0 Å². The summed E-state index contributed by atoms with van der Waals surface area (Å²) in [6.45, 7) is 0.0686. The number of nitriles is 1. The van der Waals surface area contributed by atoms with Crippen molar-refractivity contribution in [2.45, 2.75) is 26.4 Å². The molecule has 1 aliphatic heterocycles. The standard InChI is InChI=1S/C15H16F2N2O2/c1-15(10-18)6-8-19(9-7-15)13(20)11-2-4-12(5-3-11)21-14(16)17/h2-5,14H,6-9H2,1H3. The molecular weight excluding hydrogens is 278 g/mol. The Labute approximate surface area is 121 Å². The molecule has 0 spiro atoms. The highest BCUT2D eigenvalue weighted by Gasteiger charge is 2.32. The van der Waals surface area contributed by atoms with Crippen molar-refractivity contribution in [3.63, 3.8) is 0 Å². The van der Waals surface area contributed by atoms with Crippen LogP contribution in [0.4, 0.5) is 8.78 Å². The zero-order valence-electron chi connectivity index (χ0n) is 11.7. The Morgan fingerprint density at radius 2 is 1.90 bits per heavy atom. The first-order valence-corrected chi connectivity index (χ1v) is 6.69. The minimum Gasteiger partial charge on any atom is -0.435 e. The molecule has 1 aromatic carbocycles. The molecule has 4 nitrogen and oxygen atoms in total. The maximum absolute atomic E-state index is 12.3. The molecule has 0 aromatic heterocycles. The van der Waals surface area contributed by atoms with Crippen molar-refractivity contribution in [2.24, 2.45) is 5.41 Å². The third-order valence-corrected chi connectivity index (χ3v) is 3.75. The number of ether oxygens (including phenoxy) is 1. The molecule has 0 bridgehead atoms. The maximum atomic E-state index is 12.3. The topological polar surface area (TPSA) is 53.3 Å². The lowest BCUT2D eigenvalue weighted by molar-refractivity contribution is -0.0498. The van der Waals surface area contributed by atoms with E-state index in [-0.39, 0.29) is 17.1 Å². The van der Waals surface area contributed by atoms with Crippen LogP contribution in [-0.4, -0.2) is 30.5 Å². The molecule has 1 aliphatic rings. The van der Waals surface area contributed by atoms with Crippen LogP contribution in [0.1, 0.15) is 30.1 Å². The van der Waals surface area contributed by atoms with E-state index in [1.807, 2.05) is 6.92 Å². The summed E-state index contributed by atoms with van der Waals surface area (Å²) in [6, 6.07) is 7.92. The summed E-state index contributed by atoms with van der Waals surface area (Å²) >= 11 is 0. The molecule has 1 heterocycles. The van der Waals surface area contributed by atoms with Gasteiger partial charge in [0.05, 0.1) is 11.5 Å². The van der Waals surface area contributed by atoms with Crippen molar-refractivity contribution in [3.8, 4) is 11.8 Å². The number of hydrogen-bond acceptors (Lipinski definition) is 3. The monoisotopic (exact) mass is 294 g/mol. The Kier molecular flexibility index (Phi) is 4.41. The van der Waals surface area contributed by atoms with Crippen molar-refractivity contribution >= 4 is 5.91 Å². The van der Waals surface area contributed by atoms with E-state index in [1.54, 1.807) is 4.90 Å². The Hall–Kier alpha value is -2.16. The molecule has 2 rings (SSSR count). The fraction of sp³-hybridized carbons (Fsp3) is 0.467. The van der Waals surface area contributed by atoms with E-state index in [0.717, 1.165) is 0 Å². The molecule has 1 fully saturated rings. The van der Waals surface area contributed by atoms with Gasteiger partial charge in [0, 0.05) is 18.7 Å². The number of piperidine rings is 1. The highest BCUT2D eigenvalue weighted by molar-refractivity contribution is 5.94. The molecular formula is C15H16F2N2O2. The summed E-state index contributed by atoms with van der Waals surface area (Å²) in [5.41, 5.74) is 0.0586. The average molecular weight is 294 g/mol. The summed E-state index contributed by atoms with van der Waals surface area (Å²) in [5.74, 6) is -0.129. The van der Waals surface area contributed by atoms with Crippen LogP contribution in [0.3, 0.4) is 0 Å². The van der Waals surface area contributed by atoms with E-state index >= 15 is 0 Å². The number of nitrogens with zero attached hydrogens (tertiary/aromatic N) is 2. The Balaban J connectivity index is 2.00. The molecule has 0 aliphatic carbocycles. The van der Waals surface area contributed by atoms with Gasteiger partial charge in [0.2, 0.25) is 0 Å². The van der Waals surface area contributed by atoms with Crippen molar-refractivity contribution in [1.29, 1.82) is 5.26 Å². The van der Waals surface area contributed by atoms with Crippen LogP contribution in [0, 0.1) is 16.7 Å². The van der Waals surface area contributed by atoms with Gasteiger partial charge in [0.15, 0.2) is 0 Å². The van der Waals surface area contributed by atoms with Crippen LogP contribution >= 0.6 is 0 Å². The van der Waals surface area contributed by atoms with Crippen LogP contribution in [0.25, 0.3) is 0 Å². The third-order valence-electron chi connectivity index (χ3n) is 3.75. The second kappa shape index (κ2) is 6.08. The number of carbonyl (C=O) groups excluding carboxylic acids is 1. The Bertz CT molecular complexity index is 544. The van der Waals surface area contributed by atoms with Crippen LogP contribution in [0.5, 0.6) is 5.75 Å². The third kappa shape index (κ3) is 3.69. The number of likely N-dealkylation sites (tertiary alicyclic amines) is 1. The van der Waals surface area contributed by atoms with Crippen LogP contribution in [-0.2, 0) is 0 Å². The second-order valence-corrected chi connectivity index (χ2v) is 5.37. The van der Waals surface area contributed by atoms with Gasteiger partial charge in [-0.15, -0.1) is 0 Å². The average Bonchev–Trinajstić information content (AvgIpc) is 2.47. The molecule has 0 N–H and O–H groups in total. The summed E-state index contributed by atoms with van der Waals surface area (Å²) in [4.78, 5) is 14.0. The molecule has 1 aromatic rings. The lowest BCUT2D eigenvalue weighted by atomic mass is 9.82. The first-order valence-electron chi connectivity index (χ1n) is 6.69. The van der Waals surface area contributed by atoms with E-state index in [0.29, 0.717) is 31.5 Å². The zero-order valence-corrected chi connectivity index (χ0v) is 11.7. The summed E-state index contributed by atoms with van der Waals surface area (Å²) < 4.78 is 28.3. The van der Waals surface area contributed by atoms with Gasteiger partial charge in [-0.3, -0.25) is 4.79 Å². The molecule has 0 atom stereocenters. The fourth-order valence-electron chi connectivity index (χ4n) is 2.28. The van der Waals surface area contributed by atoms with Crippen molar-refractivity contribution in [1.82, 2.24) is 4.90 Å². The molecule has 0 unspecified atom stereocenters. The number of alkyl halides is 2. The first-order chi connectivity index (χ1) is 9.93. The van der Waals surface area contributed by atoms with Crippen LogP contribution in [0.2, 0.25) is 0 Å². The Morgan fingerprint density at radius 3 is 2.38 bits per heavy atom. The predicted octanol–water partition coefficient (Wildman–Crippen LogP) is 3.05. The number of halogens is 2. The summed E-state index contributed by atoms with van der Waals surface area (Å²) in [6.07, 6.45) is 1.28. The van der Waals surface area contributed by atoms with E-state index in [4.69, 9.17) is 5.26 Å². The van der Waals surface area contributed by atoms with E-state index in [9.17, 15) is 13.6 Å².